The van der Waals surface area contributed by atoms with Crippen molar-refractivity contribution >= 4 is 5.91 Å². The highest BCUT2D eigenvalue weighted by Gasteiger charge is 1.99. The van der Waals surface area contributed by atoms with Gasteiger partial charge in [0.15, 0.2) is 0 Å². The van der Waals surface area contributed by atoms with Crippen molar-refractivity contribution in [3.63, 3.8) is 0 Å². The number of benzene rings is 1. The Bertz CT molecular complexity index is 354. The topological polar surface area (TPSA) is 38.3 Å². The third-order valence-electron chi connectivity index (χ3n) is 1.93. The highest BCUT2D eigenvalue weighted by Crippen LogP contribution is 2.12. The number of carbonyl (C=O) groups excluding carboxylic acids is 1. The van der Waals surface area contributed by atoms with Gasteiger partial charge >= 0.3 is 0 Å². The van der Waals surface area contributed by atoms with Crippen molar-refractivity contribution in [1.29, 1.82) is 0 Å². The SMILES string of the molecule is C=C(Cc1ccc(OC)cc1)NC(C)=O. The van der Waals surface area contributed by atoms with E-state index in [0.717, 1.165) is 11.3 Å². The maximum atomic E-state index is 10.8. The minimum atomic E-state index is -0.0893. The molecule has 0 saturated heterocycles. The lowest BCUT2D eigenvalue weighted by atomic mass is 10.1. The first-order chi connectivity index (χ1) is 7.11. The molecule has 0 heterocycles. The molecular weight excluding hydrogens is 190 g/mol. The minimum absolute atomic E-state index is 0.0893. The van der Waals surface area contributed by atoms with E-state index in [2.05, 4.69) is 11.9 Å². The molecule has 0 spiro atoms. The fraction of sp³-hybridized carbons (Fsp3) is 0.250. The number of carbonyl (C=O) groups is 1. The Labute approximate surface area is 89.8 Å². The minimum Gasteiger partial charge on any atom is -0.497 e. The predicted molar refractivity (Wildman–Crippen MR) is 59.7 cm³/mol. The van der Waals surface area contributed by atoms with Crippen molar-refractivity contribution in [2.75, 3.05) is 7.11 Å². The van der Waals surface area contributed by atoms with Crippen LogP contribution in [0.4, 0.5) is 0 Å². The van der Waals surface area contributed by atoms with Gasteiger partial charge in [0.05, 0.1) is 7.11 Å². The van der Waals surface area contributed by atoms with Crippen molar-refractivity contribution in [1.82, 2.24) is 5.32 Å². The molecule has 1 rings (SSSR count). The standard InChI is InChI=1S/C12H15NO2/c1-9(13-10(2)14)8-11-4-6-12(15-3)7-5-11/h4-7H,1,8H2,2-3H3,(H,13,14). The molecule has 1 amide bonds. The average molecular weight is 205 g/mol. The predicted octanol–water partition coefficient (Wildman–Crippen LogP) is 1.89. The third kappa shape index (κ3) is 3.85. The molecule has 0 saturated carbocycles. The largest absolute Gasteiger partial charge is 0.497 e. The third-order valence-corrected chi connectivity index (χ3v) is 1.93. The number of methoxy groups -OCH3 is 1. The molecule has 1 N–H and O–H groups in total. The summed E-state index contributed by atoms with van der Waals surface area (Å²) < 4.78 is 5.05. The summed E-state index contributed by atoms with van der Waals surface area (Å²) in [6.07, 6.45) is 0.642. The molecule has 0 atom stereocenters. The first-order valence-electron chi connectivity index (χ1n) is 4.70. The summed E-state index contributed by atoms with van der Waals surface area (Å²) in [5.41, 5.74) is 1.79. The molecule has 80 valence electrons. The average Bonchev–Trinajstić information content (AvgIpc) is 2.17. The molecule has 1 aromatic carbocycles. The van der Waals surface area contributed by atoms with Crippen LogP contribution < -0.4 is 10.1 Å². The first kappa shape index (κ1) is 11.3. The normalized spacial score (nSPS) is 9.47. The van der Waals surface area contributed by atoms with Gasteiger partial charge in [0.1, 0.15) is 5.75 Å². The maximum absolute atomic E-state index is 10.8. The molecule has 0 bridgehead atoms. The molecule has 15 heavy (non-hydrogen) atoms. The fourth-order valence-electron chi connectivity index (χ4n) is 1.28. The van der Waals surface area contributed by atoms with Crippen molar-refractivity contribution in [3.05, 3.63) is 42.1 Å². The molecule has 1 aromatic rings. The van der Waals surface area contributed by atoms with Crippen LogP contribution in [-0.4, -0.2) is 13.0 Å². The summed E-state index contributed by atoms with van der Waals surface area (Å²) in [4.78, 5) is 10.8. The van der Waals surface area contributed by atoms with Gasteiger partial charge in [-0.15, -0.1) is 0 Å². The molecule has 0 aliphatic heterocycles. The van der Waals surface area contributed by atoms with E-state index in [-0.39, 0.29) is 5.91 Å². The van der Waals surface area contributed by atoms with Gasteiger partial charge in [-0.1, -0.05) is 18.7 Å². The van der Waals surface area contributed by atoms with Gasteiger partial charge in [0.25, 0.3) is 0 Å². The van der Waals surface area contributed by atoms with Crippen LogP contribution in [0.15, 0.2) is 36.5 Å². The molecule has 3 heteroatoms. The number of hydrogen-bond donors (Lipinski definition) is 1. The van der Waals surface area contributed by atoms with Crippen molar-refractivity contribution in [2.24, 2.45) is 0 Å². The maximum Gasteiger partial charge on any atom is 0.220 e. The smallest absolute Gasteiger partial charge is 0.220 e. The van der Waals surface area contributed by atoms with Crippen LogP contribution in [0.5, 0.6) is 5.75 Å². The lowest BCUT2D eigenvalue weighted by Gasteiger charge is -2.06. The number of nitrogens with one attached hydrogen (secondary N) is 1. The van der Waals surface area contributed by atoms with Crippen LogP contribution in [0.2, 0.25) is 0 Å². The highest BCUT2D eigenvalue weighted by atomic mass is 16.5. The van der Waals surface area contributed by atoms with E-state index in [1.807, 2.05) is 24.3 Å². The Morgan fingerprint density at radius 1 is 1.40 bits per heavy atom. The van der Waals surface area contributed by atoms with E-state index in [1.165, 1.54) is 6.92 Å². The Morgan fingerprint density at radius 2 is 2.00 bits per heavy atom. The van der Waals surface area contributed by atoms with Crippen molar-refractivity contribution in [3.8, 4) is 5.75 Å². The van der Waals surface area contributed by atoms with Crippen LogP contribution in [0, 0.1) is 0 Å². The second kappa shape index (κ2) is 5.20. The number of allylic oxidation sites excluding steroid dienone is 1. The number of amides is 1. The van der Waals surface area contributed by atoms with Crippen LogP contribution in [0.1, 0.15) is 12.5 Å². The van der Waals surface area contributed by atoms with Gasteiger partial charge in [-0.25, -0.2) is 0 Å². The lowest BCUT2D eigenvalue weighted by molar-refractivity contribution is -0.118. The zero-order chi connectivity index (χ0) is 11.3. The molecule has 0 radical (unpaired) electrons. The highest BCUT2D eigenvalue weighted by molar-refractivity contribution is 5.74. The van der Waals surface area contributed by atoms with Crippen molar-refractivity contribution < 1.29 is 9.53 Å². The van der Waals surface area contributed by atoms with Crippen LogP contribution in [0.25, 0.3) is 0 Å². The summed E-state index contributed by atoms with van der Waals surface area (Å²) in [7, 11) is 1.63. The van der Waals surface area contributed by atoms with E-state index in [0.29, 0.717) is 12.1 Å². The van der Waals surface area contributed by atoms with Gasteiger partial charge in [-0.2, -0.15) is 0 Å². The zero-order valence-corrected chi connectivity index (χ0v) is 9.04. The molecule has 3 nitrogen and oxygen atoms in total. The molecular formula is C12H15NO2. The van der Waals surface area contributed by atoms with Gasteiger partial charge < -0.3 is 10.1 Å². The van der Waals surface area contributed by atoms with Crippen LogP contribution in [-0.2, 0) is 11.2 Å². The Morgan fingerprint density at radius 3 is 2.47 bits per heavy atom. The summed E-state index contributed by atoms with van der Waals surface area (Å²) in [6.45, 7) is 5.24. The fourth-order valence-corrected chi connectivity index (χ4v) is 1.28. The summed E-state index contributed by atoms with van der Waals surface area (Å²) in [5.74, 6) is 0.734. The molecule has 0 unspecified atom stereocenters. The quantitative estimate of drug-likeness (QED) is 0.815. The Balaban J connectivity index is 2.57. The summed E-state index contributed by atoms with van der Waals surface area (Å²) in [5, 5.41) is 2.66. The Hall–Kier alpha value is -1.77. The number of rotatable bonds is 4. The second-order valence-corrected chi connectivity index (χ2v) is 3.31. The summed E-state index contributed by atoms with van der Waals surface area (Å²) >= 11 is 0. The molecule has 0 aliphatic rings. The first-order valence-corrected chi connectivity index (χ1v) is 4.70. The van der Waals surface area contributed by atoms with Gasteiger partial charge in [0.2, 0.25) is 5.91 Å². The van der Waals surface area contributed by atoms with E-state index in [1.54, 1.807) is 7.11 Å². The lowest BCUT2D eigenvalue weighted by Crippen LogP contribution is -2.19. The second-order valence-electron chi connectivity index (χ2n) is 3.31. The molecule has 0 fully saturated rings. The van der Waals surface area contributed by atoms with E-state index in [9.17, 15) is 4.79 Å². The van der Waals surface area contributed by atoms with Crippen molar-refractivity contribution in [2.45, 2.75) is 13.3 Å². The number of ether oxygens (including phenoxy) is 1. The van der Waals surface area contributed by atoms with Crippen LogP contribution in [0.3, 0.4) is 0 Å². The van der Waals surface area contributed by atoms with E-state index >= 15 is 0 Å². The van der Waals surface area contributed by atoms with Crippen LogP contribution >= 0.6 is 0 Å². The Kier molecular flexibility index (Phi) is 3.92. The molecule has 0 aromatic heterocycles. The molecule has 0 aliphatic carbocycles. The van der Waals surface area contributed by atoms with Gasteiger partial charge in [-0.05, 0) is 17.7 Å². The van der Waals surface area contributed by atoms with Gasteiger partial charge in [-0.3, -0.25) is 4.79 Å². The number of hydrogen-bond acceptors (Lipinski definition) is 2. The van der Waals surface area contributed by atoms with E-state index in [4.69, 9.17) is 4.74 Å². The van der Waals surface area contributed by atoms with Gasteiger partial charge in [0, 0.05) is 19.0 Å². The zero-order valence-electron chi connectivity index (χ0n) is 9.04. The van der Waals surface area contributed by atoms with E-state index < -0.39 is 0 Å². The summed E-state index contributed by atoms with van der Waals surface area (Å²) in [6, 6.07) is 7.67. The monoisotopic (exact) mass is 205 g/mol.